The van der Waals surface area contributed by atoms with Gasteiger partial charge in [-0.25, -0.2) is 0 Å². The Kier molecular flexibility index (Phi) is 4.98. The maximum absolute atomic E-state index is 12.6. The van der Waals surface area contributed by atoms with Crippen molar-refractivity contribution in [3.05, 3.63) is 59.7 Å². The molecule has 0 unspecified atom stereocenters. The van der Waals surface area contributed by atoms with Crippen molar-refractivity contribution < 1.29 is 9.59 Å². The molecule has 2 amide bonds. The lowest BCUT2D eigenvalue weighted by atomic mass is 9.99. The molecule has 5 heteroatoms. The average Bonchev–Trinajstić information content (AvgIpc) is 2.69. The molecule has 2 aliphatic rings. The molecule has 0 fully saturated rings. The summed E-state index contributed by atoms with van der Waals surface area (Å²) in [6, 6.07) is 16.3. The zero-order valence-corrected chi connectivity index (χ0v) is 15.5. The Morgan fingerprint density at radius 1 is 1.04 bits per heavy atom. The molecule has 0 saturated carbocycles. The number of rotatable bonds is 4. The van der Waals surface area contributed by atoms with E-state index in [0.29, 0.717) is 31.7 Å². The van der Waals surface area contributed by atoms with Gasteiger partial charge in [-0.15, -0.1) is 11.8 Å². The van der Waals surface area contributed by atoms with Gasteiger partial charge in [0.25, 0.3) is 0 Å². The number of fused-ring (bicyclic) bond motifs is 2. The average molecular weight is 366 g/mol. The monoisotopic (exact) mass is 366 g/mol. The van der Waals surface area contributed by atoms with Gasteiger partial charge >= 0.3 is 0 Å². The highest BCUT2D eigenvalue weighted by Crippen LogP contribution is 2.35. The van der Waals surface area contributed by atoms with Crippen molar-refractivity contribution in [2.75, 3.05) is 23.7 Å². The van der Waals surface area contributed by atoms with E-state index in [-0.39, 0.29) is 11.8 Å². The zero-order chi connectivity index (χ0) is 17.9. The summed E-state index contributed by atoms with van der Waals surface area (Å²) in [7, 11) is 0. The Balaban J connectivity index is 1.34. The van der Waals surface area contributed by atoms with Crippen molar-refractivity contribution >= 4 is 29.3 Å². The molecule has 2 aliphatic heterocycles. The number of carbonyl (C=O) groups is 2. The largest absolute Gasteiger partial charge is 0.338 e. The predicted molar refractivity (Wildman–Crippen MR) is 104 cm³/mol. The number of amides is 2. The third kappa shape index (κ3) is 3.49. The molecular formula is C21H22N2O2S. The fourth-order valence-electron chi connectivity index (χ4n) is 3.65. The van der Waals surface area contributed by atoms with E-state index < -0.39 is 0 Å². The number of para-hydroxylation sites is 1. The number of carbonyl (C=O) groups excluding carboxylic acids is 2. The summed E-state index contributed by atoms with van der Waals surface area (Å²) in [5.41, 5.74) is 3.59. The number of hydrogen-bond donors (Lipinski definition) is 0. The van der Waals surface area contributed by atoms with E-state index >= 15 is 0 Å². The molecule has 0 atom stereocenters. The van der Waals surface area contributed by atoms with Crippen LogP contribution in [0, 0.1) is 0 Å². The minimum atomic E-state index is 0.132. The smallest absolute Gasteiger partial charge is 0.237 e. The van der Waals surface area contributed by atoms with Gasteiger partial charge in [0.1, 0.15) is 0 Å². The highest BCUT2D eigenvalue weighted by atomic mass is 32.2. The van der Waals surface area contributed by atoms with Crippen LogP contribution >= 0.6 is 11.8 Å². The first-order valence-corrected chi connectivity index (χ1v) is 10.1. The molecule has 2 aromatic rings. The molecule has 0 spiro atoms. The van der Waals surface area contributed by atoms with Crippen molar-refractivity contribution in [1.29, 1.82) is 0 Å². The SMILES string of the molecule is O=C(CCCN1C(=O)CSc2ccccc21)N1CCc2ccccc2C1. The van der Waals surface area contributed by atoms with Crippen LogP contribution in [-0.2, 0) is 22.6 Å². The van der Waals surface area contributed by atoms with Crippen LogP contribution in [0.4, 0.5) is 5.69 Å². The van der Waals surface area contributed by atoms with Gasteiger partial charge in [-0.2, -0.15) is 0 Å². The van der Waals surface area contributed by atoms with E-state index in [0.717, 1.165) is 23.5 Å². The second kappa shape index (κ2) is 7.54. The fourth-order valence-corrected chi connectivity index (χ4v) is 4.59. The molecule has 2 heterocycles. The summed E-state index contributed by atoms with van der Waals surface area (Å²) in [5, 5.41) is 0. The van der Waals surface area contributed by atoms with Gasteiger partial charge in [0.2, 0.25) is 11.8 Å². The van der Waals surface area contributed by atoms with Crippen molar-refractivity contribution in [1.82, 2.24) is 4.90 Å². The van der Waals surface area contributed by atoms with Crippen LogP contribution in [0.25, 0.3) is 0 Å². The quantitative estimate of drug-likeness (QED) is 0.832. The molecule has 0 saturated heterocycles. The Morgan fingerprint density at radius 2 is 1.81 bits per heavy atom. The maximum atomic E-state index is 12.6. The van der Waals surface area contributed by atoms with Gasteiger partial charge in [-0.1, -0.05) is 36.4 Å². The van der Waals surface area contributed by atoms with E-state index in [1.54, 1.807) is 11.8 Å². The predicted octanol–water partition coefficient (Wildman–Crippen LogP) is 3.49. The van der Waals surface area contributed by atoms with E-state index in [1.165, 1.54) is 11.1 Å². The van der Waals surface area contributed by atoms with E-state index in [1.807, 2.05) is 34.1 Å². The van der Waals surface area contributed by atoms with Crippen molar-refractivity contribution in [2.45, 2.75) is 30.7 Å². The molecule has 0 N–H and O–H groups in total. The van der Waals surface area contributed by atoms with E-state index in [9.17, 15) is 9.59 Å². The molecule has 134 valence electrons. The summed E-state index contributed by atoms with van der Waals surface area (Å²) in [5.74, 6) is 0.799. The second-order valence-electron chi connectivity index (χ2n) is 6.74. The first kappa shape index (κ1) is 17.2. The van der Waals surface area contributed by atoms with E-state index in [4.69, 9.17) is 0 Å². The number of hydrogen-bond acceptors (Lipinski definition) is 3. The van der Waals surface area contributed by atoms with Crippen LogP contribution in [-0.4, -0.2) is 35.6 Å². The summed E-state index contributed by atoms with van der Waals surface area (Å²) in [6.45, 7) is 2.10. The first-order chi connectivity index (χ1) is 12.7. The number of nitrogens with zero attached hydrogens (tertiary/aromatic N) is 2. The van der Waals surface area contributed by atoms with E-state index in [2.05, 4.69) is 24.3 Å². The van der Waals surface area contributed by atoms with Crippen molar-refractivity contribution in [2.24, 2.45) is 0 Å². The standard InChI is InChI=1S/C21H22N2O2S/c24-20(22-13-11-16-6-1-2-7-17(16)14-22)10-5-12-23-18-8-3-4-9-19(18)26-15-21(23)25/h1-4,6-9H,5,10-15H2. The van der Waals surface area contributed by atoms with Gasteiger partial charge in [-0.3, -0.25) is 9.59 Å². The molecule has 2 aromatic carbocycles. The lowest BCUT2D eigenvalue weighted by Gasteiger charge is -2.30. The molecule has 0 aliphatic carbocycles. The van der Waals surface area contributed by atoms with Crippen LogP contribution < -0.4 is 4.90 Å². The van der Waals surface area contributed by atoms with Crippen LogP contribution in [0.1, 0.15) is 24.0 Å². The fraction of sp³-hybridized carbons (Fsp3) is 0.333. The van der Waals surface area contributed by atoms with Gasteiger partial charge in [0.05, 0.1) is 11.4 Å². The molecule has 4 nitrogen and oxygen atoms in total. The van der Waals surface area contributed by atoms with Crippen LogP contribution in [0.2, 0.25) is 0 Å². The summed E-state index contributed by atoms with van der Waals surface area (Å²) < 4.78 is 0. The topological polar surface area (TPSA) is 40.6 Å². The molecule has 0 bridgehead atoms. The Bertz CT molecular complexity index is 836. The molecule has 26 heavy (non-hydrogen) atoms. The number of thioether (sulfide) groups is 1. The maximum Gasteiger partial charge on any atom is 0.237 e. The number of anilines is 1. The molecule has 0 radical (unpaired) electrons. The summed E-state index contributed by atoms with van der Waals surface area (Å²) >= 11 is 1.59. The van der Waals surface area contributed by atoms with Crippen LogP contribution in [0.15, 0.2) is 53.4 Å². The van der Waals surface area contributed by atoms with Gasteiger partial charge < -0.3 is 9.80 Å². The van der Waals surface area contributed by atoms with Crippen LogP contribution in [0.5, 0.6) is 0 Å². The zero-order valence-electron chi connectivity index (χ0n) is 14.7. The van der Waals surface area contributed by atoms with Gasteiger partial charge in [0, 0.05) is 31.0 Å². The van der Waals surface area contributed by atoms with Gasteiger partial charge in [0.15, 0.2) is 0 Å². The Labute approximate surface area is 158 Å². The highest BCUT2D eigenvalue weighted by molar-refractivity contribution is 8.00. The summed E-state index contributed by atoms with van der Waals surface area (Å²) in [4.78, 5) is 29.8. The normalized spacial score (nSPS) is 16.2. The second-order valence-corrected chi connectivity index (χ2v) is 7.76. The summed E-state index contributed by atoms with van der Waals surface area (Å²) in [6.07, 6.45) is 2.11. The first-order valence-electron chi connectivity index (χ1n) is 9.09. The molecular weight excluding hydrogens is 344 g/mol. The highest BCUT2D eigenvalue weighted by Gasteiger charge is 2.25. The lowest BCUT2D eigenvalue weighted by Crippen LogP contribution is -2.38. The number of benzene rings is 2. The lowest BCUT2D eigenvalue weighted by molar-refractivity contribution is -0.132. The Morgan fingerprint density at radius 3 is 2.69 bits per heavy atom. The Hall–Kier alpha value is -2.27. The third-order valence-corrected chi connectivity index (χ3v) is 6.11. The molecule has 4 rings (SSSR count). The minimum Gasteiger partial charge on any atom is -0.338 e. The van der Waals surface area contributed by atoms with Gasteiger partial charge in [-0.05, 0) is 36.1 Å². The van der Waals surface area contributed by atoms with Crippen molar-refractivity contribution in [3.63, 3.8) is 0 Å². The minimum absolute atomic E-state index is 0.132. The van der Waals surface area contributed by atoms with Crippen LogP contribution in [0.3, 0.4) is 0 Å². The van der Waals surface area contributed by atoms with Crippen molar-refractivity contribution in [3.8, 4) is 0 Å². The molecule has 0 aromatic heterocycles. The third-order valence-electron chi connectivity index (χ3n) is 5.06.